The lowest BCUT2D eigenvalue weighted by atomic mass is 10.2. The van der Waals surface area contributed by atoms with Gasteiger partial charge in [0.05, 0.1) is 10.6 Å². The molecule has 2 rings (SSSR count). The van der Waals surface area contributed by atoms with Crippen LogP contribution in [0.4, 0.5) is 11.4 Å². The fraction of sp³-hybridized carbons (Fsp3) is 0.0714. The van der Waals surface area contributed by atoms with Crippen LogP contribution < -0.4 is 5.11 Å². The van der Waals surface area contributed by atoms with Crippen molar-refractivity contribution in [2.75, 3.05) is 6.26 Å². The van der Waals surface area contributed by atoms with E-state index in [4.69, 9.17) is 11.6 Å². The summed E-state index contributed by atoms with van der Waals surface area (Å²) in [5.41, 5.74) is 0.222. The van der Waals surface area contributed by atoms with Crippen LogP contribution in [0.3, 0.4) is 0 Å². The van der Waals surface area contributed by atoms with Crippen molar-refractivity contribution in [3.8, 4) is 5.75 Å². The standard InChI is InChI=1S/C14H11ClN2O3S/c1-21-13-5-3-2-4-11(13)16-8-9-6-10(15)7-12(14(9)18)17(19)20/h2-8,18H,1H3/p-1. The van der Waals surface area contributed by atoms with Crippen molar-refractivity contribution in [3.63, 3.8) is 0 Å². The molecule has 0 radical (unpaired) electrons. The average Bonchev–Trinajstić information content (AvgIpc) is 2.47. The van der Waals surface area contributed by atoms with Gasteiger partial charge in [-0.1, -0.05) is 23.7 Å². The number of para-hydroxylation sites is 1. The third-order valence-corrected chi connectivity index (χ3v) is 3.69. The van der Waals surface area contributed by atoms with Gasteiger partial charge in [0.25, 0.3) is 5.69 Å². The van der Waals surface area contributed by atoms with Gasteiger partial charge in [0, 0.05) is 22.2 Å². The van der Waals surface area contributed by atoms with E-state index in [0.29, 0.717) is 5.69 Å². The molecule has 0 aromatic heterocycles. The second kappa shape index (κ2) is 6.60. The van der Waals surface area contributed by atoms with Crippen molar-refractivity contribution in [1.29, 1.82) is 0 Å². The molecule has 0 atom stereocenters. The predicted molar refractivity (Wildman–Crippen MR) is 83.0 cm³/mol. The summed E-state index contributed by atoms with van der Waals surface area (Å²) in [4.78, 5) is 15.2. The number of nitro groups is 1. The molecule has 0 saturated heterocycles. The summed E-state index contributed by atoms with van der Waals surface area (Å²) in [6.45, 7) is 0. The molecule has 0 bridgehead atoms. The normalized spacial score (nSPS) is 11.0. The number of benzene rings is 2. The summed E-state index contributed by atoms with van der Waals surface area (Å²) in [6.07, 6.45) is 3.22. The van der Waals surface area contributed by atoms with E-state index < -0.39 is 16.4 Å². The molecule has 0 unspecified atom stereocenters. The predicted octanol–water partition coefficient (Wildman–Crippen LogP) is 3.79. The van der Waals surface area contributed by atoms with Gasteiger partial charge in [0.1, 0.15) is 0 Å². The number of halogens is 1. The highest BCUT2D eigenvalue weighted by atomic mass is 35.5. The van der Waals surface area contributed by atoms with Crippen molar-refractivity contribution in [1.82, 2.24) is 0 Å². The van der Waals surface area contributed by atoms with Gasteiger partial charge in [-0.2, -0.15) is 0 Å². The zero-order valence-corrected chi connectivity index (χ0v) is 12.5. The van der Waals surface area contributed by atoms with Crippen LogP contribution in [0, 0.1) is 10.1 Å². The van der Waals surface area contributed by atoms with Crippen LogP contribution in [0.25, 0.3) is 0 Å². The average molecular weight is 322 g/mol. The third kappa shape index (κ3) is 3.53. The number of rotatable bonds is 4. The van der Waals surface area contributed by atoms with Crippen molar-refractivity contribution in [3.05, 3.63) is 57.1 Å². The highest BCUT2D eigenvalue weighted by Crippen LogP contribution is 2.31. The lowest BCUT2D eigenvalue weighted by molar-refractivity contribution is -0.398. The Kier molecular flexibility index (Phi) is 4.82. The minimum Gasteiger partial charge on any atom is -0.867 e. The van der Waals surface area contributed by atoms with Crippen molar-refractivity contribution in [2.45, 2.75) is 4.90 Å². The van der Waals surface area contributed by atoms with Gasteiger partial charge in [-0.15, -0.1) is 11.8 Å². The van der Waals surface area contributed by atoms with E-state index in [0.717, 1.165) is 11.0 Å². The molecular formula is C14H10ClN2O3S-. The first-order valence-electron chi connectivity index (χ1n) is 5.85. The summed E-state index contributed by atoms with van der Waals surface area (Å²) in [6, 6.07) is 9.81. The lowest BCUT2D eigenvalue weighted by Crippen LogP contribution is -2.02. The number of nitrogens with zero attached hydrogens (tertiary/aromatic N) is 2. The summed E-state index contributed by atoms with van der Waals surface area (Å²) in [7, 11) is 0. The Bertz CT molecular complexity index is 719. The summed E-state index contributed by atoms with van der Waals surface area (Å²) in [5.74, 6) is -0.699. The molecule has 5 nitrogen and oxygen atoms in total. The molecule has 0 aliphatic rings. The monoisotopic (exact) mass is 321 g/mol. The second-order valence-electron chi connectivity index (χ2n) is 4.03. The van der Waals surface area contributed by atoms with Crippen LogP contribution in [-0.2, 0) is 0 Å². The van der Waals surface area contributed by atoms with Crippen LogP contribution in [0.5, 0.6) is 5.75 Å². The SMILES string of the molecule is CSc1ccccc1N=Cc1cc(Cl)cc([N+](=O)[O-])c1[O-]. The maximum absolute atomic E-state index is 11.9. The summed E-state index contributed by atoms with van der Waals surface area (Å²) < 4.78 is 0. The molecule has 2 aromatic carbocycles. The van der Waals surface area contributed by atoms with E-state index >= 15 is 0 Å². The smallest absolute Gasteiger partial charge is 0.263 e. The van der Waals surface area contributed by atoms with Crippen LogP contribution in [0.15, 0.2) is 46.3 Å². The number of nitro benzene ring substituents is 1. The number of aliphatic imine (C=N–C) groups is 1. The number of hydrogen-bond acceptors (Lipinski definition) is 5. The van der Waals surface area contributed by atoms with Gasteiger partial charge in [-0.05, 0) is 35.8 Å². The van der Waals surface area contributed by atoms with Gasteiger partial charge in [-0.3, -0.25) is 15.1 Å². The maximum Gasteiger partial charge on any atom is 0.263 e. The van der Waals surface area contributed by atoms with Crippen molar-refractivity contribution < 1.29 is 10.0 Å². The van der Waals surface area contributed by atoms with E-state index in [1.54, 1.807) is 6.07 Å². The summed E-state index contributed by atoms with van der Waals surface area (Å²) >= 11 is 7.32. The van der Waals surface area contributed by atoms with E-state index in [-0.39, 0.29) is 10.6 Å². The first kappa shape index (κ1) is 15.3. The Labute approximate surface area is 130 Å². The molecule has 0 aliphatic carbocycles. The fourth-order valence-electron chi connectivity index (χ4n) is 1.71. The van der Waals surface area contributed by atoms with Gasteiger partial charge in [0.2, 0.25) is 0 Å². The molecule has 0 spiro atoms. The molecular weight excluding hydrogens is 312 g/mol. The van der Waals surface area contributed by atoms with Crippen LogP contribution in [-0.4, -0.2) is 17.4 Å². The zero-order chi connectivity index (χ0) is 15.4. The quantitative estimate of drug-likeness (QED) is 0.371. The van der Waals surface area contributed by atoms with Gasteiger partial charge in [0.15, 0.2) is 0 Å². The Morgan fingerprint density at radius 2 is 2.05 bits per heavy atom. The maximum atomic E-state index is 11.9. The first-order valence-corrected chi connectivity index (χ1v) is 7.45. The minimum atomic E-state index is -0.749. The molecule has 0 saturated carbocycles. The largest absolute Gasteiger partial charge is 0.867 e. The zero-order valence-electron chi connectivity index (χ0n) is 10.9. The molecule has 2 aromatic rings. The Morgan fingerprint density at radius 3 is 2.71 bits per heavy atom. The summed E-state index contributed by atoms with van der Waals surface area (Å²) in [5, 5.41) is 22.9. The molecule has 108 valence electrons. The van der Waals surface area contributed by atoms with Crippen molar-refractivity contribution >= 4 is 41.0 Å². The minimum absolute atomic E-state index is 0.0881. The second-order valence-corrected chi connectivity index (χ2v) is 5.31. The van der Waals surface area contributed by atoms with Crippen LogP contribution in [0.2, 0.25) is 5.02 Å². The lowest BCUT2D eigenvalue weighted by Gasteiger charge is -2.11. The Morgan fingerprint density at radius 1 is 1.33 bits per heavy atom. The third-order valence-electron chi connectivity index (χ3n) is 2.69. The van der Waals surface area contributed by atoms with Crippen LogP contribution in [0.1, 0.15) is 5.56 Å². The molecule has 0 amide bonds. The molecule has 0 heterocycles. The van der Waals surface area contributed by atoms with Gasteiger partial charge < -0.3 is 5.11 Å². The molecule has 21 heavy (non-hydrogen) atoms. The van der Waals surface area contributed by atoms with Gasteiger partial charge >= 0.3 is 0 Å². The van der Waals surface area contributed by atoms with E-state index in [1.165, 1.54) is 24.0 Å². The molecule has 0 fully saturated rings. The topological polar surface area (TPSA) is 78.6 Å². The number of thioether (sulfide) groups is 1. The highest BCUT2D eigenvalue weighted by Gasteiger charge is 2.11. The molecule has 0 aliphatic heterocycles. The van der Waals surface area contributed by atoms with Crippen LogP contribution >= 0.6 is 23.4 Å². The molecule has 0 N–H and O–H groups in total. The molecule has 7 heteroatoms. The van der Waals surface area contributed by atoms with E-state index in [1.807, 2.05) is 24.5 Å². The van der Waals surface area contributed by atoms with E-state index in [9.17, 15) is 15.2 Å². The highest BCUT2D eigenvalue weighted by molar-refractivity contribution is 7.98. The fourth-order valence-corrected chi connectivity index (χ4v) is 2.47. The number of hydrogen-bond donors (Lipinski definition) is 0. The Hall–Kier alpha value is -2.05. The van der Waals surface area contributed by atoms with E-state index in [2.05, 4.69) is 4.99 Å². The Balaban J connectivity index is 2.44. The van der Waals surface area contributed by atoms with Gasteiger partial charge in [-0.25, -0.2) is 0 Å². The van der Waals surface area contributed by atoms with Crippen molar-refractivity contribution in [2.24, 2.45) is 4.99 Å². The first-order chi connectivity index (χ1) is 10.0.